The molecule has 1 aromatic rings. The van der Waals surface area contributed by atoms with Gasteiger partial charge in [-0.25, -0.2) is 8.78 Å². The second-order valence-electron chi connectivity index (χ2n) is 5.46. The molecule has 20 heavy (non-hydrogen) atoms. The molecule has 0 heterocycles. The monoisotopic (exact) mass is 287 g/mol. The highest BCUT2D eigenvalue weighted by Gasteiger charge is 2.17. The van der Waals surface area contributed by atoms with Crippen molar-refractivity contribution in [3.8, 4) is 5.75 Å². The molecule has 0 saturated heterocycles. The number of ether oxygens (including phenoxy) is 1. The summed E-state index contributed by atoms with van der Waals surface area (Å²) in [6.45, 7) is 7.11. The van der Waals surface area contributed by atoms with Crippen LogP contribution in [-0.4, -0.2) is 41.7 Å². The highest BCUT2D eigenvalue weighted by Crippen LogP contribution is 2.15. The lowest BCUT2D eigenvalue weighted by atomic mass is 10.1. The summed E-state index contributed by atoms with van der Waals surface area (Å²) < 4.78 is 29.0. The molecule has 114 valence electrons. The molecule has 0 aliphatic rings. The second-order valence-corrected chi connectivity index (χ2v) is 5.46. The van der Waals surface area contributed by atoms with Gasteiger partial charge in [-0.2, -0.15) is 0 Å². The standard InChI is InChI=1S/C15H23F2NO2/c1-4-18(11-15(2,3)19)9-12-5-7-13(8-6-12)20-10-14(16)17/h5-8,14,19H,4,9-11H2,1-3H3. The van der Waals surface area contributed by atoms with Gasteiger partial charge in [-0.05, 0) is 38.1 Å². The van der Waals surface area contributed by atoms with Crippen molar-refractivity contribution in [1.29, 1.82) is 0 Å². The lowest BCUT2D eigenvalue weighted by molar-refractivity contribution is 0.0353. The number of rotatable bonds is 8. The van der Waals surface area contributed by atoms with E-state index < -0.39 is 18.6 Å². The Bertz CT molecular complexity index is 388. The number of aliphatic hydroxyl groups is 1. The number of benzene rings is 1. The number of halogens is 2. The zero-order chi connectivity index (χ0) is 15.2. The van der Waals surface area contributed by atoms with Crippen molar-refractivity contribution >= 4 is 0 Å². The van der Waals surface area contributed by atoms with Crippen molar-refractivity contribution < 1.29 is 18.6 Å². The first-order valence-electron chi connectivity index (χ1n) is 6.75. The Kier molecular flexibility index (Phi) is 6.36. The molecule has 0 fully saturated rings. The fourth-order valence-electron chi connectivity index (χ4n) is 1.94. The molecule has 0 atom stereocenters. The SMILES string of the molecule is CCN(Cc1ccc(OCC(F)F)cc1)CC(C)(C)O. The van der Waals surface area contributed by atoms with Crippen molar-refractivity contribution in [3.63, 3.8) is 0 Å². The van der Waals surface area contributed by atoms with Gasteiger partial charge in [-0.1, -0.05) is 19.1 Å². The van der Waals surface area contributed by atoms with Crippen LogP contribution < -0.4 is 4.74 Å². The molecule has 3 nitrogen and oxygen atoms in total. The zero-order valence-electron chi connectivity index (χ0n) is 12.3. The highest BCUT2D eigenvalue weighted by molar-refractivity contribution is 5.27. The average Bonchev–Trinajstić information content (AvgIpc) is 2.35. The molecule has 0 unspecified atom stereocenters. The van der Waals surface area contributed by atoms with Crippen molar-refractivity contribution in [3.05, 3.63) is 29.8 Å². The third-order valence-corrected chi connectivity index (χ3v) is 2.76. The van der Waals surface area contributed by atoms with E-state index in [4.69, 9.17) is 4.74 Å². The summed E-state index contributed by atoms with van der Waals surface area (Å²) in [7, 11) is 0. The van der Waals surface area contributed by atoms with Gasteiger partial charge in [0.1, 0.15) is 12.4 Å². The Morgan fingerprint density at radius 2 is 1.85 bits per heavy atom. The van der Waals surface area contributed by atoms with Gasteiger partial charge >= 0.3 is 0 Å². The van der Waals surface area contributed by atoms with E-state index in [2.05, 4.69) is 4.90 Å². The second kappa shape index (κ2) is 7.55. The van der Waals surface area contributed by atoms with Crippen molar-refractivity contribution in [2.75, 3.05) is 19.7 Å². The predicted molar refractivity (Wildman–Crippen MR) is 75.2 cm³/mol. The van der Waals surface area contributed by atoms with E-state index in [1.165, 1.54) is 0 Å². The van der Waals surface area contributed by atoms with Gasteiger partial charge in [0.2, 0.25) is 0 Å². The van der Waals surface area contributed by atoms with Crippen LogP contribution in [0.3, 0.4) is 0 Å². The van der Waals surface area contributed by atoms with E-state index in [1.807, 2.05) is 19.1 Å². The third kappa shape index (κ3) is 6.82. The van der Waals surface area contributed by atoms with Gasteiger partial charge in [-0.3, -0.25) is 4.90 Å². The summed E-state index contributed by atoms with van der Waals surface area (Å²) in [6, 6.07) is 7.09. The third-order valence-electron chi connectivity index (χ3n) is 2.76. The number of hydrogen-bond acceptors (Lipinski definition) is 3. The molecule has 0 spiro atoms. The zero-order valence-corrected chi connectivity index (χ0v) is 12.3. The fraction of sp³-hybridized carbons (Fsp3) is 0.600. The van der Waals surface area contributed by atoms with Crippen LogP contribution in [0, 0.1) is 0 Å². The Morgan fingerprint density at radius 3 is 2.30 bits per heavy atom. The summed E-state index contributed by atoms with van der Waals surface area (Å²) in [6.07, 6.45) is -2.46. The van der Waals surface area contributed by atoms with Gasteiger partial charge < -0.3 is 9.84 Å². The van der Waals surface area contributed by atoms with E-state index in [-0.39, 0.29) is 0 Å². The van der Waals surface area contributed by atoms with Gasteiger partial charge in [0.15, 0.2) is 0 Å². The Morgan fingerprint density at radius 1 is 1.25 bits per heavy atom. The molecule has 0 bridgehead atoms. The normalized spacial score (nSPS) is 12.2. The Hall–Kier alpha value is -1.20. The molecule has 5 heteroatoms. The van der Waals surface area contributed by atoms with Crippen LogP contribution in [0.2, 0.25) is 0 Å². The molecule has 1 N–H and O–H groups in total. The summed E-state index contributed by atoms with van der Waals surface area (Å²) in [4.78, 5) is 2.12. The quantitative estimate of drug-likeness (QED) is 0.798. The maximum atomic E-state index is 12.0. The number of hydrogen-bond donors (Lipinski definition) is 1. The predicted octanol–water partition coefficient (Wildman–Crippen LogP) is 2.92. The first-order valence-corrected chi connectivity index (χ1v) is 6.75. The van der Waals surface area contributed by atoms with Gasteiger partial charge in [0, 0.05) is 13.1 Å². The minimum atomic E-state index is -2.46. The Labute approximate surface area is 119 Å². The lowest BCUT2D eigenvalue weighted by Gasteiger charge is -2.28. The molecular formula is C15H23F2NO2. The molecule has 0 aromatic heterocycles. The largest absolute Gasteiger partial charge is 0.488 e. The van der Waals surface area contributed by atoms with Crippen LogP contribution in [0.1, 0.15) is 26.3 Å². The highest BCUT2D eigenvalue weighted by atomic mass is 19.3. The van der Waals surface area contributed by atoms with E-state index in [9.17, 15) is 13.9 Å². The molecular weight excluding hydrogens is 264 g/mol. The number of likely N-dealkylation sites (N-methyl/N-ethyl adjacent to an activating group) is 1. The van der Waals surface area contributed by atoms with Crippen LogP contribution >= 0.6 is 0 Å². The summed E-state index contributed by atoms with van der Waals surface area (Å²) in [5, 5.41) is 9.83. The van der Waals surface area contributed by atoms with Crippen LogP contribution in [-0.2, 0) is 6.54 Å². The van der Waals surface area contributed by atoms with Crippen molar-refractivity contribution in [1.82, 2.24) is 4.90 Å². The number of alkyl halides is 2. The maximum absolute atomic E-state index is 12.0. The van der Waals surface area contributed by atoms with Gasteiger partial charge in [0.05, 0.1) is 5.60 Å². The smallest absolute Gasteiger partial charge is 0.272 e. The molecule has 1 rings (SSSR count). The van der Waals surface area contributed by atoms with Crippen LogP contribution in [0.5, 0.6) is 5.75 Å². The van der Waals surface area contributed by atoms with Crippen LogP contribution in [0.4, 0.5) is 8.78 Å². The van der Waals surface area contributed by atoms with Gasteiger partial charge in [0.25, 0.3) is 6.43 Å². The van der Waals surface area contributed by atoms with E-state index in [0.717, 1.165) is 12.1 Å². The van der Waals surface area contributed by atoms with E-state index >= 15 is 0 Å². The molecule has 0 saturated carbocycles. The lowest BCUT2D eigenvalue weighted by Crippen LogP contribution is -2.38. The molecule has 0 aliphatic heterocycles. The van der Waals surface area contributed by atoms with E-state index in [1.54, 1.807) is 26.0 Å². The van der Waals surface area contributed by atoms with Crippen molar-refractivity contribution in [2.45, 2.75) is 39.3 Å². The van der Waals surface area contributed by atoms with Crippen molar-refractivity contribution in [2.24, 2.45) is 0 Å². The molecule has 0 amide bonds. The topological polar surface area (TPSA) is 32.7 Å². The van der Waals surface area contributed by atoms with Gasteiger partial charge in [-0.15, -0.1) is 0 Å². The summed E-state index contributed by atoms with van der Waals surface area (Å²) >= 11 is 0. The summed E-state index contributed by atoms with van der Waals surface area (Å²) in [5.74, 6) is 0.444. The first kappa shape index (κ1) is 16.9. The molecule has 1 aromatic carbocycles. The average molecular weight is 287 g/mol. The summed E-state index contributed by atoms with van der Waals surface area (Å²) in [5.41, 5.74) is 0.316. The van der Waals surface area contributed by atoms with Crippen LogP contribution in [0.15, 0.2) is 24.3 Å². The minimum Gasteiger partial charge on any atom is -0.488 e. The molecule has 0 aliphatic carbocycles. The minimum absolute atomic E-state index is 0.444. The molecule has 0 radical (unpaired) electrons. The fourth-order valence-corrected chi connectivity index (χ4v) is 1.94. The maximum Gasteiger partial charge on any atom is 0.272 e. The van der Waals surface area contributed by atoms with E-state index in [0.29, 0.717) is 18.8 Å². The Balaban J connectivity index is 2.55. The van der Waals surface area contributed by atoms with Crippen LogP contribution in [0.25, 0.3) is 0 Å². The first-order chi connectivity index (χ1) is 9.30. The number of nitrogens with zero attached hydrogens (tertiary/aromatic N) is 1.